The number of nitrogens with zero attached hydrogens (tertiary/aromatic N) is 1. The van der Waals surface area contributed by atoms with Crippen LogP contribution in [0.3, 0.4) is 0 Å². The van der Waals surface area contributed by atoms with Crippen molar-refractivity contribution in [1.82, 2.24) is 4.57 Å². The van der Waals surface area contributed by atoms with Crippen molar-refractivity contribution >= 4 is 11.6 Å². The minimum Gasteiger partial charge on any atom is -0.492 e. The maximum atomic E-state index is 12.9. The molecule has 3 aromatic rings. The highest BCUT2D eigenvalue weighted by Gasteiger charge is 2.10. The molecule has 1 heterocycles. The topological polar surface area (TPSA) is 55.4 Å². The van der Waals surface area contributed by atoms with Gasteiger partial charge in [-0.15, -0.1) is 0 Å². The minimum atomic E-state index is -0.656. The maximum absolute atomic E-state index is 12.9. The molecule has 0 atom stereocenters. The normalized spacial score (nSPS) is 10.8. The average molecular weight is 320 g/mol. The van der Waals surface area contributed by atoms with E-state index in [-0.39, 0.29) is 18.2 Å². The Labute approximate surface area is 130 Å². The molecule has 0 radical (unpaired) electrons. The highest BCUT2D eigenvalue weighted by molar-refractivity contribution is 6.31. The summed E-state index contributed by atoms with van der Waals surface area (Å²) in [5, 5.41) is 9.97. The molecule has 0 unspecified atom stereocenters. The van der Waals surface area contributed by atoms with E-state index in [1.54, 1.807) is 24.3 Å². The lowest BCUT2D eigenvalue weighted by atomic mass is 10.0. The fourth-order valence-corrected chi connectivity index (χ4v) is 2.38. The number of oxazole rings is 1. The number of hydrogen-bond donors (Lipinski definition) is 1. The summed E-state index contributed by atoms with van der Waals surface area (Å²) in [6.07, 6.45) is 0.975. The van der Waals surface area contributed by atoms with Crippen molar-refractivity contribution in [2.45, 2.75) is 6.54 Å². The molecule has 0 amide bonds. The van der Waals surface area contributed by atoms with Crippen molar-refractivity contribution in [1.29, 1.82) is 0 Å². The van der Waals surface area contributed by atoms with E-state index in [2.05, 4.69) is 4.42 Å². The molecule has 0 spiro atoms. The van der Waals surface area contributed by atoms with Crippen LogP contribution in [0.15, 0.2) is 57.9 Å². The van der Waals surface area contributed by atoms with Crippen molar-refractivity contribution in [2.24, 2.45) is 0 Å². The van der Waals surface area contributed by atoms with Crippen molar-refractivity contribution in [3.05, 3.63) is 75.7 Å². The Hall–Kier alpha value is -2.53. The Balaban J connectivity index is 1.92. The van der Waals surface area contributed by atoms with E-state index in [1.165, 1.54) is 12.1 Å². The quantitative estimate of drug-likeness (QED) is 0.801. The summed E-state index contributed by atoms with van der Waals surface area (Å²) in [6, 6.07) is 11.4. The molecule has 6 heteroatoms. The highest BCUT2D eigenvalue weighted by Crippen LogP contribution is 2.26. The summed E-state index contributed by atoms with van der Waals surface area (Å²) in [4.78, 5) is 11.4. The molecular formula is C16H11ClFNO3. The highest BCUT2D eigenvalue weighted by atomic mass is 35.5. The van der Waals surface area contributed by atoms with E-state index in [9.17, 15) is 14.3 Å². The van der Waals surface area contributed by atoms with Gasteiger partial charge in [0.25, 0.3) is 0 Å². The van der Waals surface area contributed by atoms with Gasteiger partial charge in [0, 0.05) is 5.02 Å². The summed E-state index contributed by atoms with van der Waals surface area (Å²) in [5.74, 6) is -1.22. The Bertz CT molecular complexity index is 868. The van der Waals surface area contributed by atoms with Crippen molar-refractivity contribution in [3.8, 4) is 17.0 Å². The van der Waals surface area contributed by atoms with Crippen LogP contribution >= 0.6 is 11.6 Å². The zero-order valence-electron chi connectivity index (χ0n) is 11.3. The van der Waals surface area contributed by atoms with Crippen LogP contribution in [0.4, 0.5) is 4.39 Å². The summed E-state index contributed by atoms with van der Waals surface area (Å²) in [7, 11) is 0. The number of hydrogen-bond acceptors (Lipinski definition) is 3. The van der Waals surface area contributed by atoms with Gasteiger partial charge in [-0.2, -0.15) is 0 Å². The SMILES string of the molecule is O=c1occ(O)n1Cc1ccc(-c2ccc(F)cc2)cc1Cl. The third-order valence-electron chi connectivity index (χ3n) is 3.32. The Morgan fingerprint density at radius 2 is 1.82 bits per heavy atom. The number of aromatic hydroxyl groups is 1. The third-order valence-corrected chi connectivity index (χ3v) is 3.67. The van der Waals surface area contributed by atoms with Gasteiger partial charge in [0.05, 0.1) is 6.54 Å². The van der Waals surface area contributed by atoms with E-state index >= 15 is 0 Å². The molecule has 4 nitrogen and oxygen atoms in total. The molecule has 0 aliphatic heterocycles. The van der Waals surface area contributed by atoms with Crippen LogP contribution in [-0.2, 0) is 6.54 Å². The largest absolute Gasteiger partial charge is 0.492 e. The molecule has 0 fully saturated rings. The van der Waals surface area contributed by atoms with Crippen molar-refractivity contribution in [2.75, 3.05) is 0 Å². The van der Waals surface area contributed by atoms with Crippen LogP contribution in [0.2, 0.25) is 5.02 Å². The van der Waals surface area contributed by atoms with E-state index in [1.807, 2.05) is 6.07 Å². The Kier molecular flexibility index (Phi) is 3.73. The minimum absolute atomic E-state index is 0.101. The van der Waals surface area contributed by atoms with Crippen LogP contribution < -0.4 is 5.76 Å². The van der Waals surface area contributed by atoms with Gasteiger partial charge in [-0.25, -0.2) is 13.8 Å². The monoisotopic (exact) mass is 319 g/mol. The van der Waals surface area contributed by atoms with Crippen LogP contribution in [0.5, 0.6) is 5.88 Å². The molecule has 0 saturated carbocycles. The first-order valence-electron chi connectivity index (χ1n) is 6.46. The van der Waals surface area contributed by atoms with Gasteiger partial charge < -0.3 is 9.52 Å². The standard InChI is InChI=1S/C16H11ClFNO3/c17-14-7-11(10-3-5-13(18)6-4-10)1-2-12(14)8-19-15(20)9-22-16(19)21/h1-7,9,20H,8H2. The fourth-order valence-electron chi connectivity index (χ4n) is 2.14. The van der Waals surface area contributed by atoms with Crippen LogP contribution in [0.25, 0.3) is 11.1 Å². The molecule has 1 aromatic heterocycles. The second kappa shape index (κ2) is 5.69. The third kappa shape index (κ3) is 2.76. The summed E-state index contributed by atoms with van der Waals surface area (Å²) in [5.41, 5.74) is 2.32. The average Bonchev–Trinajstić information content (AvgIpc) is 2.82. The number of halogens is 2. The van der Waals surface area contributed by atoms with Gasteiger partial charge in [0.15, 0.2) is 6.26 Å². The van der Waals surface area contributed by atoms with E-state index in [0.717, 1.165) is 22.0 Å². The lowest BCUT2D eigenvalue weighted by molar-refractivity contribution is 0.421. The summed E-state index contributed by atoms with van der Waals surface area (Å²) >= 11 is 6.23. The molecule has 0 aliphatic rings. The number of benzene rings is 2. The fraction of sp³-hybridized carbons (Fsp3) is 0.0625. The lowest BCUT2D eigenvalue weighted by Gasteiger charge is -2.08. The van der Waals surface area contributed by atoms with E-state index in [0.29, 0.717) is 10.6 Å². The summed E-state index contributed by atoms with van der Waals surface area (Å²) < 4.78 is 18.6. The van der Waals surface area contributed by atoms with Gasteiger partial charge in [-0.1, -0.05) is 35.9 Å². The Morgan fingerprint density at radius 3 is 2.41 bits per heavy atom. The maximum Gasteiger partial charge on any atom is 0.422 e. The second-order valence-corrected chi connectivity index (χ2v) is 5.17. The molecule has 0 bridgehead atoms. The molecule has 3 rings (SSSR count). The Morgan fingerprint density at radius 1 is 1.14 bits per heavy atom. The van der Waals surface area contributed by atoms with Crippen LogP contribution in [-0.4, -0.2) is 9.67 Å². The second-order valence-electron chi connectivity index (χ2n) is 4.76. The molecule has 0 aliphatic carbocycles. The predicted octanol–water partition coefficient (Wildman–Crippen LogP) is 3.65. The zero-order chi connectivity index (χ0) is 15.7. The predicted molar refractivity (Wildman–Crippen MR) is 80.6 cm³/mol. The lowest BCUT2D eigenvalue weighted by Crippen LogP contribution is -2.14. The van der Waals surface area contributed by atoms with Gasteiger partial charge in [-0.05, 0) is 34.9 Å². The van der Waals surface area contributed by atoms with Crippen LogP contribution in [0, 0.1) is 5.82 Å². The molecule has 2 aromatic carbocycles. The van der Waals surface area contributed by atoms with Crippen molar-refractivity contribution in [3.63, 3.8) is 0 Å². The smallest absolute Gasteiger partial charge is 0.422 e. The number of rotatable bonds is 3. The zero-order valence-corrected chi connectivity index (χ0v) is 12.0. The van der Waals surface area contributed by atoms with Gasteiger partial charge in [0.1, 0.15) is 5.82 Å². The molecule has 112 valence electrons. The van der Waals surface area contributed by atoms with Crippen molar-refractivity contribution < 1.29 is 13.9 Å². The van der Waals surface area contributed by atoms with Gasteiger partial charge in [-0.3, -0.25) is 0 Å². The van der Waals surface area contributed by atoms with E-state index in [4.69, 9.17) is 11.6 Å². The van der Waals surface area contributed by atoms with Gasteiger partial charge >= 0.3 is 5.76 Å². The first kappa shape index (κ1) is 14.4. The number of aromatic nitrogens is 1. The first-order valence-corrected chi connectivity index (χ1v) is 6.84. The molecule has 22 heavy (non-hydrogen) atoms. The molecule has 1 N–H and O–H groups in total. The van der Waals surface area contributed by atoms with Gasteiger partial charge in [0.2, 0.25) is 5.88 Å². The van der Waals surface area contributed by atoms with E-state index < -0.39 is 5.76 Å². The molecular weight excluding hydrogens is 309 g/mol. The van der Waals surface area contributed by atoms with Crippen LogP contribution in [0.1, 0.15) is 5.56 Å². The molecule has 0 saturated heterocycles. The summed E-state index contributed by atoms with van der Waals surface area (Å²) in [6.45, 7) is 0.101. The first-order chi connectivity index (χ1) is 10.5.